The van der Waals surface area contributed by atoms with E-state index in [-0.39, 0.29) is 12.4 Å². The van der Waals surface area contributed by atoms with Crippen molar-refractivity contribution in [1.29, 1.82) is 0 Å². The summed E-state index contributed by atoms with van der Waals surface area (Å²) < 4.78 is 21.4. The Morgan fingerprint density at radius 2 is 2.38 bits per heavy atom. The molecule has 0 aromatic rings. The third-order valence-electron chi connectivity index (χ3n) is 3.31. The molecule has 1 aliphatic heterocycles. The third kappa shape index (κ3) is 1.72. The second kappa shape index (κ2) is 3.85. The van der Waals surface area contributed by atoms with Crippen LogP contribution in [0.2, 0.25) is 5.82 Å². The molecule has 1 saturated carbocycles. The minimum absolute atomic E-state index is 0.0460. The maximum Gasteiger partial charge on any atom is 0.472 e. The number of hydrogen-bond acceptors (Lipinski definition) is 4. The summed E-state index contributed by atoms with van der Waals surface area (Å²) in [5.74, 6) is 0.0460. The fourth-order valence-corrected chi connectivity index (χ4v) is 3.94. The van der Waals surface area contributed by atoms with E-state index in [1.165, 1.54) is 0 Å². The smallest absolute Gasteiger partial charge is 0.395 e. The van der Waals surface area contributed by atoms with Crippen molar-refractivity contribution in [1.82, 2.24) is 0 Å². The number of aliphatic hydroxyl groups excluding tert-OH is 1. The average Bonchev–Trinajstić information content (AvgIpc) is 2.64. The molecule has 1 heterocycles. The van der Waals surface area contributed by atoms with Crippen LogP contribution in [-0.2, 0) is 13.6 Å². The first-order chi connectivity index (χ1) is 7.44. The van der Waals surface area contributed by atoms with Gasteiger partial charge >= 0.3 is 7.82 Å². The van der Waals surface area contributed by atoms with Crippen LogP contribution >= 0.6 is 7.82 Å². The predicted molar refractivity (Wildman–Crippen MR) is 59.7 cm³/mol. The monoisotopic (exact) mass is 244 g/mol. The molecule has 0 spiro atoms. The number of phosphoric acid groups is 1. The zero-order valence-corrected chi connectivity index (χ0v) is 9.89. The van der Waals surface area contributed by atoms with Crippen molar-refractivity contribution in [3.63, 3.8) is 0 Å². The van der Waals surface area contributed by atoms with Gasteiger partial charge in [-0.1, -0.05) is 6.58 Å². The van der Waals surface area contributed by atoms with Crippen molar-refractivity contribution in [3.05, 3.63) is 18.4 Å². The van der Waals surface area contributed by atoms with Gasteiger partial charge < -0.3 is 10.00 Å². The van der Waals surface area contributed by atoms with Crippen LogP contribution < -0.4 is 0 Å². The van der Waals surface area contributed by atoms with Crippen molar-refractivity contribution < 1.29 is 23.6 Å². The number of aliphatic hydroxyl groups is 1. The molecule has 1 aliphatic carbocycles. The minimum atomic E-state index is -3.95. The summed E-state index contributed by atoms with van der Waals surface area (Å²) in [4.78, 5) is 9.29. The molecule has 2 N–H and O–H groups in total. The van der Waals surface area contributed by atoms with Gasteiger partial charge in [-0.15, -0.1) is 5.73 Å². The number of fused-ring (bicyclic) bond motifs is 1. The molecule has 2 fully saturated rings. The van der Waals surface area contributed by atoms with Gasteiger partial charge in [-0.2, -0.15) is 0 Å². The van der Waals surface area contributed by atoms with Crippen LogP contribution in [0.1, 0.15) is 6.42 Å². The molecule has 0 amide bonds. The van der Waals surface area contributed by atoms with Crippen molar-refractivity contribution in [2.24, 2.45) is 5.41 Å². The summed E-state index contributed by atoms with van der Waals surface area (Å²) in [5.41, 5.74) is 1.91. The van der Waals surface area contributed by atoms with E-state index in [4.69, 9.17) is 9.05 Å². The van der Waals surface area contributed by atoms with Gasteiger partial charge in [-0.3, -0.25) is 9.05 Å². The Kier molecular flexibility index (Phi) is 2.91. The first-order valence-corrected chi connectivity index (χ1v) is 6.61. The first kappa shape index (κ1) is 12.1. The van der Waals surface area contributed by atoms with E-state index < -0.39 is 25.4 Å². The Bertz CT molecular complexity index is 393. The maximum atomic E-state index is 11.4. The molecule has 0 aromatic carbocycles. The third-order valence-corrected chi connectivity index (χ3v) is 4.32. The number of hydrogen-bond donors (Lipinski definition) is 2. The Labute approximate surface area is 94.8 Å². The molecular weight excluding hydrogens is 230 g/mol. The summed E-state index contributed by atoms with van der Waals surface area (Å²) in [6.45, 7) is 3.30. The maximum absolute atomic E-state index is 11.4. The Morgan fingerprint density at radius 3 is 2.94 bits per heavy atom. The van der Waals surface area contributed by atoms with Crippen LogP contribution in [0.25, 0.3) is 0 Å². The Hall–Kier alpha value is -0.345. The molecule has 0 radical (unpaired) electrons. The topological polar surface area (TPSA) is 76.0 Å². The van der Waals surface area contributed by atoms with Gasteiger partial charge in [0.05, 0.1) is 12.7 Å². The fraction of sp³-hybridized carbons (Fsp3) is 0.667. The van der Waals surface area contributed by atoms with E-state index in [2.05, 4.69) is 12.3 Å². The van der Waals surface area contributed by atoms with E-state index in [0.29, 0.717) is 6.42 Å². The molecule has 2 rings (SSSR count). The Morgan fingerprint density at radius 1 is 1.69 bits per heavy atom. The molecule has 2 aliphatic rings. The lowest BCUT2D eigenvalue weighted by atomic mass is 9.79. The summed E-state index contributed by atoms with van der Waals surface area (Å²) in [5, 5.41) is 9.48. The van der Waals surface area contributed by atoms with Gasteiger partial charge in [0.25, 0.3) is 0 Å². The summed E-state index contributed by atoms with van der Waals surface area (Å²) in [7, 11) is -2.05. The zero-order valence-electron chi connectivity index (χ0n) is 9.00. The molecule has 7 heteroatoms. The lowest BCUT2D eigenvalue weighted by Crippen LogP contribution is -2.35. The van der Waals surface area contributed by atoms with Crippen LogP contribution in [-0.4, -0.2) is 36.7 Å². The molecule has 1 saturated heterocycles. The summed E-state index contributed by atoms with van der Waals surface area (Å²) in [6, 6.07) is 0. The second-order valence-corrected chi connectivity index (χ2v) is 5.84. The second-order valence-electron chi connectivity index (χ2n) is 4.49. The van der Waals surface area contributed by atoms with Gasteiger partial charge in [0, 0.05) is 5.41 Å². The van der Waals surface area contributed by atoms with Gasteiger partial charge in [0.15, 0.2) is 0 Å². The Balaban J connectivity index is 2.37. The molecule has 5 atom stereocenters. The van der Waals surface area contributed by atoms with E-state index in [0.717, 1.165) is 0 Å². The first-order valence-electron chi connectivity index (χ1n) is 5.11. The molecule has 16 heavy (non-hydrogen) atoms. The molecule has 5 nitrogen and oxygen atoms in total. The molecule has 0 aromatic heterocycles. The highest BCUT2D eigenvalue weighted by atomic mass is 31.2. The van der Waals surface area contributed by atoms with Gasteiger partial charge in [-0.05, 0) is 18.3 Å². The van der Waals surface area contributed by atoms with E-state index in [9.17, 15) is 14.6 Å². The fourth-order valence-electron chi connectivity index (χ4n) is 2.65. The van der Waals surface area contributed by atoms with Gasteiger partial charge in [0.1, 0.15) is 14.0 Å². The standard InChI is InChI=1S/C9H14BO5P/c1-2-3-9(5-11)4-6(10)7-8(9)15-16(12,13)14-7/h3,6-8,11H,1,4-5,10H2,(H,12,13)/t6-,7?,8-,9-/m1/s1. The van der Waals surface area contributed by atoms with Gasteiger partial charge in [-0.25, -0.2) is 4.57 Å². The van der Waals surface area contributed by atoms with Crippen LogP contribution in [0.3, 0.4) is 0 Å². The van der Waals surface area contributed by atoms with Crippen molar-refractivity contribution in [3.8, 4) is 0 Å². The molecule has 2 unspecified atom stereocenters. The highest BCUT2D eigenvalue weighted by Gasteiger charge is 2.60. The number of rotatable bonds is 2. The van der Waals surface area contributed by atoms with E-state index in [1.807, 2.05) is 7.85 Å². The summed E-state index contributed by atoms with van der Waals surface area (Å²) >= 11 is 0. The summed E-state index contributed by atoms with van der Waals surface area (Å²) in [6.07, 6.45) is 1.19. The van der Waals surface area contributed by atoms with E-state index >= 15 is 0 Å². The van der Waals surface area contributed by atoms with Crippen molar-refractivity contribution in [2.75, 3.05) is 6.61 Å². The molecular formula is C9H14BO5P. The normalized spacial score (nSPS) is 51.0. The zero-order chi connectivity index (χ0) is 12.0. The van der Waals surface area contributed by atoms with Gasteiger partial charge in [0.2, 0.25) is 0 Å². The van der Waals surface area contributed by atoms with Crippen molar-refractivity contribution in [2.45, 2.75) is 24.4 Å². The van der Waals surface area contributed by atoms with Crippen LogP contribution in [0, 0.1) is 5.41 Å². The van der Waals surface area contributed by atoms with Crippen LogP contribution in [0.4, 0.5) is 0 Å². The lowest BCUT2D eigenvalue weighted by Gasteiger charge is -2.27. The van der Waals surface area contributed by atoms with Crippen LogP contribution in [0.15, 0.2) is 18.4 Å². The predicted octanol–water partition coefficient (Wildman–Crippen LogP) is 0.0159. The van der Waals surface area contributed by atoms with E-state index in [1.54, 1.807) is 6.08 Å². The SMILES string of the molecule is B[C@@H]1C[C@](C=C=C)(CO)[C@@H]2OP(=O)(O)OC12. The largest absolute Gasteiger partial charge is 0.472 e. The van der Waals surface area contributed by atoms with Crippen LogP contribution in [0.5, 0.6) is 0 Å². The quantitative estimate of drug-likeness (QED) is 0.406. The highest BCUT2D eigenvalue weighted by molar-refractivity contribution is 7.47. The molecule has 0 bridgehead atoms. The van der Waals surface area contributed by atoms with Crippen molar-refractivity contribution >= 4 is 15.7 Å². The minimum Gasteiger partial charge on any atom is -0.395 e. The number of phosphoric ester groups is 1. The highest BCUT2D eigenvalue weighted by Crippen LogP contribution is 2.63. The molecule has 88 valence electrons. The average molecular weight is 244 g/mol. The lowest BCUT2D eigenvalue weighted by molar-refractivity contribution is 0.0550.